The number of methoxy groups -OCH3 is 2. The number of benzene rings is 4. The summed E-state index contributed by atoms with van der Waals surface area (Å²) in [7, 11) is 0.776. The number of aliphatic hydroxyl groups is 1. The molecule has 11 heteroatoms. The lowest BCUT2D eigenvalue weighted by molar-refractivity contribution is -0.150. The third-order valence-corrected chi connectivity index (χ3v) is 16.3. The highest BCUT2D eigenvalue weighted by Gasteiger charge is 2.66. The van der Waals surface area contributed by atoms with Gasteiger partial charge in [0.1, 0.15) is 11.5 Å². The number of amides is 3. The second-order valence-corrected chi connectivity index (χ2v) is 19.9. The average molecular weight is 748 g/mol. The zero-order valence-corrected chi connectivity index (χ0v) is 32.6. The Morgan fingerprint density at radius 2 is 1.63 bits per heavy atom. The van der Waals surface area contributed by atoms with E-state index in [1.807, 2.05) is 60.7 Å². The van der Waals surface area contributed by atoms with Crippen molar-refractivity contribution in [2.45, 2.75) is 69.1 Å². The van der Waals surface area contributed by atoms with Crippen LogP contribution in [0, 0.1) is 5.92 Å². The Morgan fingerprint density at radius 1 is 0.944 bits per heavy atom. The van der Waals surface area contributed by atoms with Gasteiger partial charge in [0.15, 0.2) is 5.60 Å². The summed E-state index contributed by atoms with van der Waals surface area (Å²) >= 11 is 0. The normalized spacial score (nSPS) is 23.5. The fourth-order valence-electron chi connectivity index (χ4n) is 9.14. The third kappa shape index (κ3) is 6.58. The van der Waals surface area contributed by atoms with Crippen LogP contribution >= 0.6 is 0 Å². The molecule has 2 saturated heterocycles. The van der Waals surface area contributed by atoms with Crippen molar-refractivity contribution in [2.75, 3.05) is 37.6 Å². The first-order chi connectivity index (χ1) is 26.0. The molecule has 7 rings (SSSR count). The minimum atomic E-state index is -2.46. The summed E-state index contributed by atoms with van der Waals surface area (Å²) in [6.07, 6.45) is 1.23. The molecule has 1 spiro atoms. The van der Waals surface area contributed by atoms with Crippen LogP contribution in [0.25, 0.3) is 0 Å². The van der Waals surface area contributed by atoms with Gasteiger partial charge in [0.25, 0.3) is 11.8 Å². The molecule has 3 aliphatic heterocycles. The predicted octanol–water partition coefficient (Wildman–Crippen LogP) is 6.09. The molecular weight excluding hydrogens is 699 g/mol. The van der Waals surface area contributed by atoms with Crippen molar-refractivity contribution in [3.8, 4) is 11.5 Å². The van der Waals surface area contributed by atoms with Gasteiger partial charge in [-0.3, -0.25) is 14.4 Å². The lowest BCUT2D eigenvalue weighted by Crippen LogP contribution is -2.52. The van der Waals surface area contributed by atoms with E-state index < -0.39 is 19.8 Å². The molecule has 0 unspecified atom stereocenters. The number of nitrogens with one attached hydrogen (secondary N) is 1. The highest BCUT2D eigenvalue weighted by atomic mass is 28.3. The van der Waals surface area contributed by atoms with E-state index in [2.05, 4.69) is 37.5 Å². The molecule has 3 aliphatic rings. The highest BCUT2D eigenvalue weighted by Crippen LogP contribution is 2.60. The molecule has 282 valence electrons. The van der Waals surface area contributed by atoms with Crippen LogP contribution < -0.4 is 24.9 Å². The molecule has 54 heavy (non-hydrogen) atoms. The number of hydrogen-bond acceptors (Lipinski definition) is 7. The van der Waals surface area contributed by atoms with Crippen LogP contribution in [0.2, 0.25) is 18.6 Å². The number of fused-ring (bicyclic) bond motifs is 2. The number of aliphatic hydroxyl groups excluding tert-OH is 1. The average Bonchev–Trinajstić information content (AvgIpc) is 3.85. The van der Waals surface area contributed by atoms with E-state index >= 15 is 4.79 Å². The molecule has 2 N–H and O–H groups in total. The lowest BCUT2D eigenvalue weighted by Gasteiger charge is -2.37. The van der Waals surface area contributed by atoms with Gasteiger partial charge in [-0.05, 0) is 78.5 Å². The first kappa shape index (κ1) is 37.3. The van der Waals surface area contributed by atoms with Crippen molar-refractivity contribution in [3.05, 3.63) is 114 Å². The van der Waals surface area contributed by atoms with Crippen molar-refractivity contribution in [2.24, 2.45) is 5.92 Å². The van der Waals surface area contributed by atoms with Crippen molar-refractivity contribution in [3.63, 3.8) is 0 Å². The molecule has 4 aromatic carbocycles. The van der Waals surface area contributed by atoms with Crippen molar-refractivity contribution >= 4 is 42.4 Å². The number of rotatable bonds is 11. The smallest absolute Gasteiger partial charge is 0.264 e. The maximum atomic E-state index is 15.2. The number of hydrogen-bond donors (Lipinski definition) is 2. The Balaban J connectivity index is 1.21. The Kier molecular flexibility index (Phi) is 10.4. The van der Waals surface area contributed by atoms with Crippen LogP contribution in [0.4, 0.5) is 11.4 Å². The predicted molar refractivity (Wildman–Crippen MR) is 211 cm³/mol. The lowest BCUT2D eigenvalue weighted by atomic mass is 9.82. The second-order valence-electron chi connectivity index (χ2n) is 15.2. The Morgan fingerprint density at radius 3 is 2.31 bits per heavy atom. The molecule has 4 aromatic rings. The summed E-state index contributed by atoms with van der Waals surface area (Å²) in [6, 6.07) is 30.2. The van der Waals surface area contributed by atoms with E-state index in [0.717, 1.165) is 35.4 Å². The molecule has 0 aliphatic carbocycles. The maximum absolute atomic E-state index is 15.2. The molecule has 3 heterocycles. The number of likely N-dealkylation sites (tertiary alicyclic amines) is 1. The van der Waals surface area contributed by atoms with E-state index in [1.165, 1.54) is 5.19 Å². The monoisotopic (exact) mass is 747 g/mol. The standard InChI is InChI=1S/C43H49N3O7Si/c1-28-40(54(4,5)35-21-19-34(52-3)20-22-35)38(25-39(48)45-23-9-12-32(45)27-47)53-43(28)36-13-6-7-14-37(36)46(42(43)50)26-29-10-8-11-31(24-29)44-41(49)30-15-17-33(51-2)18-16-30/h6-8,10-11,13-22,24,28,32,38,40,47H,9,12,23,25-27H2,1-5H3,(H,44,49)/t28-,32-,38+,40-,43+/m0/s1. The first-order valence-electron chi connectivity index (χ1n) is 18.7. The van der Waals surface area contributed by atoms with Gasteiger partial charge in [-0.2, -0.15) is 0 Å². The highest BCUT2D eigenvalue weighted by molar-refractivity contribution is 6.91. The first-order valence-corrected chi connectivity index (χ1v) is 21.8. The van der Waals surface area contributed by atoms with Gasteiger partial charge in [0.2, 0.25) is 5.91 Å². The van der Waals surface area contributed by atoms with E-state index in [4.69, 9.17) is 14.2 Å². The van der Waals surface area contributed by atoms with Gasteiger partial charge < -0.3 is 34.4 Å². The summed E-state index contributed by atoms with van der Waals surface area (Å²) in [5.74, 6) is 0.720. The number of ether oxygens (including phenoxy) is 3. The van der Waals surface area contributed by atoms with Crippen molar-refractivity contribution < 1.29 is 33.7 Å². The number of carbonyl (C=O) groups is 3. The second kappa shape index (κ2) is 15.0. The van der Waals surface area contributed by atoms with Crippen LogP contribution in [0.15, 0.2) is 97.1 Å². The van der Waals surface area contributed by atoms with Gasteiger partial charge in [-0.25, -0.2) is 0 Å². The Bertz CT molecular complexity index is 2020. The molecule has 0 saturated carbocycles. The minimum Gasteiger partial charge on any atom is -0.497 e. The van der Waals surface area contributed by atoms with Crippen LogP contribution in [0.1, 0.15) is 47.7 Å². The zero-order valence-electron chi connectivity index (χ0n) is 31.6. The van der Waals surface area contributed by atoms with Crippen molar-refractivity contribution in [1.29, 1.82) is 0 Å². The summed E-state index contributed by atoms with van der Waals surface area (Å²) in [5.41, 5.74) is 2.14. The van der Waals surface area contributed by atoms with E-state index in [-0.39, 0.29) is 54.8 Å². The largest absolute Gasteiger partial charge is 0.497 e. The molecule has 3 amide bonds. The van der Waals surface area contributed by atoms with Crippen LogP contribution in [-0.4, -0.2) is 75.3 Å². The summed E-state index contributed by atoms with van der Waals surface area (Å²) in [4.78, 5) is 45.9. The molecule has 5 atom stereocenters. The van der Waals surface area contributed by atoms with Gasteiger partial charge >= 0.3 is 0 Å². The topological polar surface area (TPSA) is 118 Å². The van der Waals surface area contributed by atoms with Crippen LogP contribution in [0.5, 0.6) is 11.5 Å². The van der Waals surface area contributed by atoms with Gasteiger partial charge in [-0.1, -0.05) is 67.7 Å². The molecule has 2 fully saturated rings. The van der Waals surface area contributed by atoms with E-state index in [0.29, 0.717) is 23.5 Å². The fourth-order valence-corrected chi connectivity index (χ4v) is 13.2. The zero-order chi connectivity index (χ0) is 38.2. The Labute approximate surface area is 318 Å². The van der Waals surface area contributed by atoms with E-state index in [9.17, 15) is 14.7 Å². The van der Waals surface area contributed by atoms with Crippen molar-refractivity contribution in [1.82, 2.24) is 4.90 Å². The van der Waals surface area contributed by atoms with Gasteiger partial charge in [0.05, 0.1) is 59.7 Å². The molecule has 0 bridgehead atoms. The third-order valence-electron chi connectivity index (χ3n) is 11.9. The molecule has 0 radical (unpaired) electrons. The quantitative estimate of drug-likeness (QED) is 0.178. The molecule has 10 nitrogen and oxygen atoms in total. The van der Waals surface area contributed by atoms with E-state index in [1.54, 1.807) is 48.3 Å². The Hall–Kier alpha value is -4.97. The van der Waals surface area contributed by atoms with Gasteiger partial charge in [-0.15, -0.1) is 0 Å². The SMILES string of the molecule is COc1ccc(C(=O)Nc2cccc(CN3C(=O)[C@]4(O[C@H](CC(=O)N5CCC[C@H]5CO)[C@@H]([Si](C)(C)c5ccc(OC)cc5)[C@@H]4C)c4ccccc43)c2)cc1. The number of para-hydroxylation sites is 1. The minimum absolute atomic E-state index is 0.0468. The summed E-state index contributed by atoms with van der Waals surface area (Å²) < 4.78 is 17.9. The van der Waals surface area contributed by atoms with Gasteiger partial charge in [0, 0.05) is 29.3 Å². The fraction of sp³-hybridized carbons (Fsp3) is 0.372. The summed E-state index contributed by atoms with van der Waals surface area (Å²) in [6.45, 7) is 7.53. The summed E-state index contributed by atoms with van der Waals surface area (Å²) in [5, 5.41) is 14.2. The van der Waals surface area contributed by atoms with Crippen LogP contribution in [0.3, 0.4) is 0 Å². The number of carbonyl (C=O) groups excluding carboxylic acids is 3. The number of anilines is 2. The molecular formula is C43H49N3O7Si. The number of nitrogens with zero attached hydrogens (tertiary/aromatic N) is 2. The molecule has 0 aromatic heterocycles. The maximum Gasteiger partial charge on any atom is 0.264 e. The van der Waals surface area contributed by atoms with Crippen LogP contribution in [-0.2, 0) is 26.5 Å².